The van der Waals surface area contributed by atoms with Crippen LogP contribution in [0.25, 0.3) is 66.6 Å². The van der Waals surface area contributed by atoms with Gasteiger partial charge in [-0.1, -0.05) is 152 Å². The highest BCUT2D eigenvalue weighted by Gasteiger charge is 2.18. The normalized spacial score (nSPS) is 11.1. The van der Waals surface area contributed by atoms with Crippen molar-refractivity contribution in [3.8, 4) is 44.8 Å². The topological polar surface area (TPSA) is 29.0 Å². The highest BCUT2D eigenvalue weighted by molar-refractivity contribution is 6.07. The van der Waals surface area contributed by atoms with Crippen LogP contribution in [0.5, 0.6) is 0 Å². The monoisotopic (exact) mass is 651 g/mol. The summed E-state index contributed by atoms with van der Waals surface area (Å²) in [5.41, 5.74) is 13.5. The van der Waals surface area contributed by atoms with Crippen LogP contribution in [-0.2, 0) is 0 Å². The molecule has 9 rings (SSSR count). The number of nitrogens with zero attached hydrogens (tertiary/aromatic N) is 3. The summed E-state index contributed by atoms with van der Waals surface area (Å²) < 4.78 is 0. The summed E-state index contributed by atoms with van der Waals surface area (Å²) in [4.78, 5) is 12.9. The minimum atomic E-state index is 0.872. The Morgan fingerprint density at radius 2 is 0.804 bits per heavy atom. The molecule has 0 aliphatic rings. The summed E-state index contributed by atoms with van der Waals surface area (Å²) >= 11 is 0. The average molecular weight is 652 g/mol. The van der Waals surface area contributed by atoms with Crippen molar-refractivity contribution in [2.45, 2.75) is 0 Å². The first kappa shape index (κ1) is 30.2. The van der Waals surface area contributed by atoms with Crippen molar-refractivity contribution in [1.29, 1.82) is 0 Å². The van der Waals surface area contributed by atoms with Crippen LogP contribution in [0.3, 0.4) is 0 Å². The second-order valence-corrected chi connectivity index (χ2v) is 12.7. The van der Waals surface area contributed by atoms with Crippen LogP contribution >= 0.6 is 0 Å². The van der Waals surface area contributed by atoms with Gasteiger partial charge in [0.2, 0.25) is 0 Å². The molecule has 8 aromatic carbocycles. The van der Waals surface area contributed by atoms with E-state index in [-0.39, 0.29) is 0 Å². The van der Waals surface area contributed by atoms with Crippen LogP contribution in [0.15, 0.2) is 200 Å². The first-order chi connectivity index (χ1) is 25.3. The molecule has 0 aliphatic heterocycles. The van der Waals surface area contributed by atoms with E-state index in [4.69, 9.17) is 9.97 Å². The minimum Gasteiger partial charge on any atom is -0.310 e. The zero-order valence-electron chi connectivity index (χ0n) is 27.9. The zero-order chi connectivity index (χ0) is 34.0. The molecule has 240 valence electrons. The van der Waals surface area contributed by atoms with Crippen LogP contribution in [-0.4, -0.2) is 9.97 Å². The Bertz CT molecular complexity index is 2550. The SMILES string of the molecule is c1ccc(-c2cc(-c3ccccc3)cc(N(c3ccccc3)c3ccc4c(ccc5nc(-c6ccccc6)c(-c6ccccc6)nc54)c3)c2)cc1. The molecule has 0 amide bonds. The van der Waals surface area contributed by atoms with E-state index in [0.29, 0.717) is 0 Å². The van der Waals surface area contributed by atoms with E-state index in [9.17, 15) is 0 Å². The Hall–Kier alpha value is -6.84. The zero-order valence-corrected chi connectivity index (χ0v) is 27.9. The highest BCUT2D eigenvalue weighted by atomic mass is 15.1. The molecule has 3 heteroatoms. The number of aromatic nitrogens is 2. The fourth-order valence-electron chi connectivity index (χ4n) is 6.93. The molecule has 0 spiro atoms. The molecule has 0 N–H and O–H groups in total. The van der Waals surface area contributed by atoms with Gasteiger partial charge in [-0.25, -0.2) is 9.97 Å². The maximum atomic E-state index is 5.36. The molecule has 0 saturated carbocycles. The first-order valence-electron chi connectivity index (χ1n) is 17.2. The van der Waals surface area contributed by atoms with Gasteiger partial charge in [-0.05, 0) is 76.2 Å². The van der Waals surface area contributed by atoms with E-state index in [1.807, 2.05) is 12.1 Å². The molecule has 51 heavy (non-hydrogen) atoms. The third-order valence-electron chi connectivity index (χ3n) is 9.39. The fourth-order valence-corrected chi connectivity index (χ4v) is 6.93. The van der Waals surface area contributed by atoms with Crippen LogP contribution in [0.4, 0.5) is 17.1 Å². The number of hydrogen-bond acceptors (Lipinski definition) is 3. The largest absolute Gasteiger partial charge is 0.310 e. The van der Waals surface area contributed by atoms with Crippen molar-refractivity contribution in [2.24, 2.45) is 0 Å². The quantitative estimate of drug-likeness (QED) is 0.161. The van der Waals surface area contributed by atoms with Gasteiger partial charge in [0.1, 0.15) is 0 Å². The van der Waals surface area contributed by atoms with Gasteiger partial charge in [-0.3, -0.25) is 0 Å². The maximum Gasteiger partial charge on any atom is 0.0973 e. The van der Waals surface area contributed by atoms with E-state index in [1.54, 1.807) is 0 Å². The Morgan fingerprint density at radius 1 is 0.314 bits per heavy atom. The number of hydrogen-bond donors (Lipinski definition) is 0. The van der Waals surface area contributed by atoms with E-state index in [1.165, 1.54) is 11.1 Å². The molecule has 0 atom stereocenters. The van der Waals surface area contributed by atoms with Crippen LogP contribution < -0.4 is 4.90 Å². The summed E-state index contributed by atoms with van der Waals surface area (Å²) in [6.07, 6.45) is 0. The Labute approximate surface area is 297 Å². The third-order valence-corrected chi connectivity index (χ3v) is 9.39. The molecular formula is C48H33N3. The standard InChI is InChI=1S/C48H33N3/c1-6-16-34(17-7-1)39-30-40(35-18-8-2-9-19-35)33-43(32-39)51(41-24-14-5-15-25-41)42-27-28-44-38(31-42)26-29-45-48(44)50-47(37-22-12-4-13-23-37)46(49-45)36-20-10-3-11-21-36/h1-33H. The Morgan fingerprint density at radius 3 is 1.35 bits per heavy atom. The lowest BCUT2D eigenvalue weighted by Gasteiger charge is -2.27. The van der Waals surface area contributed by atoms with Gasteiger partial charge in [-0.2, -0.15) is 0 Å². The van der Waals surface area contributed by atoms with E-state index in [0.717, 1.165) is 72.5 Å². The van der Waals surface area contributed by atoms with Gasteiger partial charge in [0.05, 0.1) is 22.4 Å². The van der Waals surface area contributed by atoms with Crippen molar-refractivity contribution in [2.75, 3.05) is 4.90 Å². The van der Waals surface area contributed by atoms with E-state index >= 15 is 0 Å². The summed E-state index contributed by atoms with van der Waals surface area (Å²) in [7, 11) is 0. The number of rotatable bonds is 7. The molecule has 9 aromatic rings. The fraction of sp³-hybridized carbons (Fsp3) is 0. The molecule has 0 unspecified atom stereocenters. The van der Waals surface area contributed by atoms with Gasteiger partial charge in [0.25, 0.3) is 0 Å². The van der Waals surface area contributed by atoms with Crippen LogP contribution in [0.1, 0.15) is 0 Å². The lowest BCUT2D eigenvalue weighted by molar-refractivity contribution is 1.28. The second kappa shape index (κ2) is 13.2. The minimum absolute atomic E-state index is 0.872. The molecule has 0 fully saturated rings. The lowest BCUT2D eigenvalue weighted by atomic mass is 9.97. The van der Waals surface area contributed by atoms with E-state index in [2.05, 4.69) is 193 Å². The Balaban J connectivity index is 1.24. The summed E-state index contributed by atoms with van der Waals surface area (Å²) in [6, 6.07) is 70.4. The molecule has 0 aliphatic carbocycles. The van der Waals surface area contributed by atoms with E-state index < -0.39 is 0 Å². The number of para-hydroxylation sites is 1. The predicted octanol–water partition coefficient (Wildman–Crippen LogP) is 12.9. The number of fused-ring (bicyclic) bond motifs is 3. The van der Waals surface area contributed by atoms with Gasteiger partial charge in [-0.15, -0.1) is 0 Å². The van der Waals surface area contributed by atoms with Crippen molar-refractivity contribution < 1.29 is 0 Å². The molecule has 1 aromatic heterocycles. The van der Waals surface area contributed by atoms with Gasteiger partial charge in [0.15, 0.2) is 0 Å². The van der Waals surface area contributed by atoms with Crippen molar-refractivity contribution >= 4 is 38.9 Å². The molecule has 0 saturated heterocycles. The third kappa shape index (κ3) is 5.92. The smallest absolute Gasteiger partial charge is 0.0973 e. The summed E-state index contributed by atoms with van der Waals surface area (Å²) in [5.74, 6) is 0. The predicted molar refractivity (Wildman–Crippen MR) is 213 cm³/mol. The van der Waals surface area contributed by atoms with Crippen LogP contribution in [0.2, 0.25) is 0 Å². The summed E-state index contributed by atoms with van der Waals surface area (Å²) in [5, 5.41) is 2.17. The Kier molecular flexibility index (Phi) is 7.84. The lowest BCUT2D eigenvalue weighted by Crippen LogP contribution is -2.10. The first-order valence-corrected chi connectivity index (χ1v) is 17.2. The summed E-state index contributed by atoms with van der Waals surface area (Å²) in [6.45, 7) is 0. The maximum absolute atomic E-state index is 5.36. The molecule has 0 radical (unpaired) electrons. The molecular weight excluding hydrogens is 619 g/mol. The molecule has 1 heterocycles. The highest BCUT2D eigenvalue weighted by Crippen LogP contribution is 2.41. The molecule has 0 bridgehead atoms. The van der Waals surface area contributed by atoms with Crippen LogP contribution in [0, 0.1) is 0 Å². The number of benzene rings is 8. The average Bonchev–Trinajstić information content (AvgIpc) is 3.22. The van der Waals surface area contributed by atoms with Gasteiger partial charge < -0.3 is 4.90 Å². The van der Waals surface area contributed by atoms with Crippen molar-refractivity contribution in [1.82, 2.24) is 9.97 Å². The van der Waals surface area contributed by atoms with Crippen molar-refractivity contribution in [3.05, 3.63) is 200 Å². The molecule has 3 nitrogen and oxygen atoms in total. The number of anilines is 3. The second-order valence-electron chi connectivity index (χ2n) is 12.7. The van der Waals surface area contributed by atoms with Gasteiger partial charge >= 0.3 is 0 Å². The van der Waals surface area contributed by atoms with Gasteiger partial charge in [0, 0.05) is 33.6 Å². The van der Waals surface area contributed by atoms with Crippen molar-refractivity contribution in [3.63, 3.8) is 0 Å².